The van der Waals surface area contributed by atoms with Gasteiger partial charge in [-0.2, -0.15) is 0 Å². The van der Waals surface area contributed by atoms with E-state index in [1.165, 1.54) is 24.3 Å². The van der Waals surface area contributed by atoms with Crippen LogP contribution < -0.4 is 10.1 Å². The molecule has 3 rings (SSSR count). The Morgan fingerprint density at radius 1 is 0.892 bits per heavy atom. The summed E-state index contributed by atoms with van der Waals surface area (Å²) < 4.78 is 15.5. The highest BCUT2D eigenvalue weighted by Crippen LogP contribution is 2.14. The maximum atomic E-state index is 12.5. The fourth-order valence-corrected chi connectivity index (χ4v) is 3.60. The third kappa shape index (κ3) is 8.67. The highest BCUT2D eigenvalue weighted by Gasteiger charge is 2.24. The van der Waals surface area contributed by atoms with E-state index in [1.54, 1.807) is 29.0 Å². The van der Waals surface area contributed by atoms with Crippen LogP contribution in [0.3, 0.4) is 0 Å². The summed E-state index contributed by atoms with van der Waals surface area (Å²) in [5.41, 5.74) is 1.44. The zero-order valence-electron chi connectivity index (χ0n) is 20.6. The van der Waals surface area contributed by atoms with Crippen LogP contribution in [0.4, 0.5) is 15.3 Å². The van der Waals surface area contributed by atoms with E-state index in [2.05, 4.69) is 5.32 Å². The van der Waals surface area contributed by atoms with Gasteiger partial charge in [-0.25, -0.2) is 9.59 Å². The van der Waals surface area contributed by atoms with Crippen LogP contribution >= 0.6 is 0 Å². The molecule has 2 aromatic rings. The van der Waals surface area contributed by atoms with E-state index in [9.17, 15) is 24.5 Å². The number of nitrogens with one attached hydrogen (secondary N) is 1. The number of piperazine rings is 1. The van der Waals surface area contributed by atoms with Crippen molar-refractivity contribution in [2.45, 2.75) is 26.1 Å². The number of methoxy groups -OCH3 is 1. The van der Waals surface area contributed by atoms with Gasteiger partial charge in [0.2, 0.25) is 5.91 Å². The van der Waals surface area contributed by atoms with Gasteiger partial charge < -0.3 is 29.3 Å². The summed E-state index contributed by atoms with van der Waals surface area (Å²) in [5.74, 6) is 0.679. The molecule has 1 fully saturated rings. The molecule has 3 amide bonds. The molecule has 1 N–H and O–H groups in total. The molecule has 0 saturated carbocycles. The minimum Gasteiger partial charge on any atom is -0.497 e. The van der Waals surface area contributed by atoms with Gasteiger partial charge in [0.1, 0.15) is 19.0 Å². The maximum Gasteiger partial charge on any atom is 0.410 e. The van der Waals surface area contributed by atoms with Gasteiger partial charge in [0.25, 0.3) is 5.69 Å². The van der Waals surface area contributed by atoms with Crippen molar-refractivity contribution in [3.05, 3.63) is 69.8 Å². The maximum absolute atomic E-state index is 12.5. The van der Waals surface area contributed by atoms with Gasteiger partial charge in [-0.15, -0.1) is 0 Å². The van der Waals surface area contributed by atoms with Crippen LogP contribution in [-0.4, -0.2) is 72.7 Å². The first-order valence-electron chi connectivity index (χ1n) is 11.8. The zero-order chi connectivity index (χ0) is 26.6. The van der Waals surface area contributed by atoms with E-state index in [0.717, 1.165) is 11.3 Å². The van der Waals surface area contributed by atoms with Gasteiger partial charge in [0, 0.05) is 51.3 Å². The fourth-order valence-electron chi connectivity index (χ4n) is 3.60. The molecule has 1 saturated heterocycles. The van der Waals surface area contributed by atoms with Crippen molar-refractivity contribution >= 4 is 23.8 Å². The summed E-state index contributed by atoms with van der Waals surface area (Å²) >= 11 is 0. The van der Waals surface area contributed by atoms with E-state index in [0.29, 0.717) is 38.2 Å². The van der Waals surface area contributed by atoms with Crippen LogP contribution in [-0.2, 0) is 27.5 Å². The Bertz CT molecular complexity index is 1070. The van der Waals surface area contributed by atoms with Crippen LogP contribution in [0.25, 0.3) is 0 Å². The Labute approximate surface area is 214 Å². The van der Waals surface area contributed by atoms with E-state index < -0.39 is 17.1 Å². The minimum absolute atomic E-state index is 0.0183. The number of carbonyl (C=O) groups excluding carboxylic acids is 3. The summed E-state index contributed by atoms with van der Waals surface area (Å²) in [5, 5.41) is 13.2. The number of alkyl carbamates (subject to hydrolysis) is 1. The quantitative estimate of drug-likeness (QED) is 0.290. The molecule has 2 aromatic carbocycles. The Morgan fingerprint density at radius 3 is 2.05 bits per heavy atom. The van der Waals surface area contributed by atoms with Crippen LogP contribution in [0.1, 0.15) is 24.0 Å². The van der Waals surface area contributed by atoms with Gasteiger partial charge in [-0.1, -0.05) is 12.1 Å². The predicted octanol–water partition coefficient (Wildman–Crippen LogP) is 3.09. The predicted molar refractivity (Wildman–Crippen MR) is 132 cm³/mol. The number of nitro groups is 1. The standard InChI is InChI=1S/C25H30N4O8/c1-35-22-10-6-20(7-11-22)18-37-25(32)28-15-13-27(14-16-28)23(30)3-2-12-26-24(31)36-17-19-4-8-21(9-5-19)29(33)34/h4-11H,2-3,12-18H2,1H3,(H,26,31). The Morgan fingerprint density at radius 2 is 1.46 bits per heavy atom. The number of hydrogen-bond donors (Lipinski definition) is 1. The largest absolute Gasteiger partial charge is 0.497 e. The third-order valence-corrected chi connectivity index (χ3v) is 5.77. The van der Waals surface area contributed by atoms with Gasteiger partial charge in [-0.05, 0) is 41.8 Å². The van der Waals surface area contributed by atoms with Gasteiger partial charge in [0.15, 0.2) is 0 Å². The van der Waals surface area contributed by atoms with Crippen molar-refractivity contribution in [1.82, 2.24) is 15.1 Å². The lowest BCUT2D eigenvalue weighted by Gasteiger charge is -2.34. The van der Waals surface area contributed by atoms with Crippen molar-refractivity contribution in [2.24, 2.45) is 0 Å². The van der Waals surface area contributed by atoms with Crippen molar-refractivity contribution < 1.29 is 33.5 Å². The average molecular weight is 515 g/mol. The number of hydrogen-bond acceptors (Lipinski definition) is 8. The first-order chi connectivity index (χ1) is 17.9. The number of amides is 3. The topological polar surface area (TPSA) is 141 Å². The minimum atomic E-state index is -0.632. The number of nitro benzene ring substituents is 1. The van der Waals surface area contributed by atoms with Crippen LogP contribution in [0.5, 0.6) is 5.75 Å². The number of non-ortho nitro benzene ring substituents is 1. The van der Waals surface area contributed by atoms with Gasteiger partial charge >= 0.3 is 12.2 Å². The Hall–Kier alpha value is -4.35. The van der Waals surface area contributed by atoms with E-state index in [4.69, 9.17) is 14.2 Å². The molecule has 37 heavy (non-hydrogen) atoms. The smallest absolute Gasteiger partial charge is 0.410 e. The summed E-state index contributed by atoms with van der Waals surface area (Å²) in [7, 11) is 1.58. The molecule has 0 aromatic heterocycles. The van der Waals surface area contributed by atoms with Gasteiger partial charge in [0.05, 0.1) is 12.0 Å². The molecular weight excluding hydrogens is 484 g/mol. The lowest BCUT2D eigenvalue weighted by atomic mass is 10.2. The Balaban J connectivity index is 1.26. The van der Waals surface area contributed by atoms with E-state index >= 15 is 0 Å². The lowest BCUT2D eigenvalue weighted by molar-refractivity contribution is -0.384. The van der Waals surface area contributed by atoms with Gasteiger partial charge in [-0.3, -0.25) is 14.9 Å². The van der Waals surface area contributed by atoms with Crippen LogP contribution in [0.2, 0.25) is 0 Å². The third-order valence-electron chi connectivity index (χ3n) is 5.77. The SMILES string of the molecule is COc1ccc(COC(=O)N2CCN(C(=O)CCCNC(=O)OCc3ccc([N+](=O)[O-])cc3)CC2)cc1. The van der Waals surface area contributed by atoms with Crippen molar-refractivity contribution in [3.8, 4) is 5.75 Å². The molecule has 198 valence electrons. The molecule has 12 heteroatoms. The van der Waals surface area contributed by atoms with Crippen LogP contribution in [0.15, 0.2) is 48.5 Å². The normalized spacial score (nSPS) is 13.0. The average Bonchev–Trinajstić information content (AvgIpc) is 2.93. The number of nitrogens with zero attached hydrogens (tertiary/aromatic N) is 3. The second-order valence-electron chi connectivity index (χ2n) is 8.30. The molecule has 1 aliphatic heterocycles. The fraction of sp³-hybridized carbons (Fsp3) is 0.400. The molecule has 0 spiro atoms. The molecule has 1 heterocycles. The molecule has 0 radical (unpaired) electrons. The molecular formula is C25H30N4O8. The monoisotopic (exact) mass is 514 g/mol. The molecule has 0 atom stereocenters. The first-order valence-corrected chi connectivity index (χ1v) is 11.8. The number of rotatable bonds is 10. The van der Waals surface area contributed by atoms with Crippen LogP contribution in [0, 0.1) is 10.1 Å². The summed E-state index contributed by atoms with van der Waals surface area (Å²) in [6.07, 6.45) is -0.355. The first kappa shape index (κ1) is 27.2. The molecule has 0 bridgehead atoms. The van der Waals surface area contributed by atoms with Crippen molar-refractivity contribution in [3.63, 3.8) is 0 Å². The molecule has 1 aliphatic rings. The van der Waals surface area contributed by atoms with Crippen molar-refractivity contribution in [1.29, 1.82) is 0 Å². The number of benzene rings is 2. The molecule has 0 unspecified atom stereocenters. The lowest BCUT2D eigenvalue weighted by Crippen LogP contribution is -2.50. The summed E-state index contributed by atoms with van der Waals surface area (Å²) in [6, 6.07) is 13.0. The molecule has 0 aliphatic carbocycles. The van der Waals surface area contributed by atoms with E-state index in [-0.39, 0.29) is 37.8 Å². The second kappa shape index (κ2) is 13.7. The molecule has 12 nitrogen and oxygen atoms in total. The second-order valence-corrected chi connectivity index (χ2v) is 8.30. The number of carbonyl (C=O) groups is 3. The number of ether oxygens (including phenoxy) is 3. The summed E-state index contributed by atoms with van der Waals surface area (Å²) in [4.78, 5) is 50.0. The highest BCUT2D eigenvalue weighted by molar-refractivity contribution is 5.77. The van der Waals surface area contributed by atoms with E-state index in [1.807, 2.05) is 12.1 Å². The Kier molecular flexibility index (Phi) is 10.1. The van der Waals surface area contributed by atoms with Crippen molar-refractivity contribution in [2.75, 3.05) is 39.8 Å². The highest BCUT2D eigenvalue weighted by atomic mass is 16.6. The summed E-state index contributed by atoms with van der Waals surface area (Å²) in [6.45, 7) is 2.02. The zero-order valence-corrected chi connectivity index (χ0v) is 20.6.